The zero-order valence-corrected chi connectivity index (χ0v) is 18.0. The van der Waals surface area contributed by atoms with Gasteiger partial charge in [-0.15, -0.1) is 0 Å². The molecular weight excluding hydrogens is 384 g/mol. The Labute approximate surface area is 177 Å². The van der Waals surface area contributed by atoms with Crippen LogP contribution in [0.15, 0.2) is 47.5 Å². The molecule has 30 heavy (non-hydrogen) atoms. The molecule has 1 fully saturated rings. The third-order valence-electron chi connectivity index (χ3n) is 5.07. The summed E-state index contributed by atoms with van der Waals surface area (Å²) < 4.78 is 28.2. The standard InChI is InChI=1S/C23H31F2N5/c1-4-26-23(27-14-17-8-10-18(11-9-17)15-29(2)3)28-19-12-13-30(16-19)22-20(24)6-5-7-21(22)25/h5-11,19H,4,12-16H2,1-3H3,(H2,26,27,28). The van der Waals surface area contributed by atoms with Crippen molar-refractivity contribution in [3.63, 3.8) is 0 Å². The minimum absolute atomic E-state index is 0.0570. The SMILES string of the molecule is CCNC(=NCc1ccc(CN(C)C)cc1)NC1CCN(c2c(F)cccc2F)C1. The van der Waals surface area contributed by atoms with Gasteiger partial charge in [-0.25, -0.2) is 13.8 Å². The lowest BCUT2D eigenvalue weighted by atomic mass is 10.1. The molecule has 1 aliphatic heterocycles. The summed E-state index contributed by atoms with van der Waals surface area (Å²) in [7, 11) is 4.11. The number of nitrogens with zero attached hydrogens (tertiary/aromatic N) is 3. The number of nitrogens with one attached hydrogen (secondary N) is 2. The van der Waals surface area contributed by atoms with Gasteiger partial charge in [-0.2, -0.15) is 0 Å². The fourth-order valence-corrected chi connectivity index (χ4v) is 3.67. The van der Waals surface area contributed by atoms with Gasteiger partial charge in [-0.05, 0) is 50.7 Å². The summed E-state index contributed by atoms with van der Waals surface area (Å²) in [4.78, 5) is 8.58. The number of rotatable bonds is 7. The molecule has 0 radical (unpaired) electrons. The van der Waals surface area contributed by atoms with E-state index in [-0.39, 0.29) is 11.7 Å². The van der Waals surface area contributed by atoms with E-state index in [0.29, 0.717) is 19.6 Å². The largest absolute Gasteiger partial charge is 0.365 e. The summed E-state index contributed by atoms with van der Waals surface area (Å²) in [6.07, 6.45) is 0.789. The van der Waals surface area contributed by atoms with Gasteiger partial charge >= 0.3 is 0 Å². The van der Waals surface area contributed by atoms with Crippen LogP contribution >= 0.6 is 0 Å². The van der Waals surface area contributed by atoms with Crippen molar-refractivity contribution >= 4 is 11.6 Å². The van der Waals surface area contributed by atoms with Crippen LogP contribution < -0.4 is 15.5 Å². The number of benzene rings is 2. The number of halogens is 2. The maximum absolute atomic E-state index is 14.1. The van der Waals surface area contributed by atoms with Crippen molar-refractivity contribution in [2.75, 3.05) is 38.6 Å². The first kappa shape index (κ1) is 22.0. The van der Waals surface area contributed by atoms with E-state index in [2.05, 4.69) is 58.9 Å². The molecule has 1 heterocycles. The molecule has 5 nitrogen and oxygen atoms in total. The van der Waals surface area contributed by atoms with Crippen LogP contribution in [0.4, 0.5) is 14.5 Å². The monoisotopic (exact) mass is 415 g/mol. The van der Waals surface area contributed by atoms with E-state index in [0.717, 1.165) is 31.0 Å². The summed E-state index contributed by atoms with van der Waals surface area (Å²) in [6, 6.07) is 12.5. The molecule has 1 atom stereocenters. The van der Waals surface area contributed by atoms with Gasteiger partial charge in [0.1, 0.15) is 17.3 Å². The molecule has 162 valence electrons. The fraction of sp³-hybridized carbons (Fsp3) is 0.435. The van der Waals surface area contributed by atoms with E-state index in [1.165, 1.54) is 23.8 Å². The van der Waals surface area contributed by atoms with Crippen molar-refractivity contribution in [2.45, 2.75) is 32.5 Å². The number of guanidine groups is 1. The molecule has 0 saturated carbocycles. The van der Waals surface area contributed by atoms with E-state index < -0.39 is 11.6 Å². The van der Waals surface area contributed by atoms with Crippen LogP contribution in [0.1, 0.15) is 24.5 Å². The van der Waals surface area contributed by atoms with Crippen LogP contribution in [0, 0.1) is 11.6 Å². The second-order valence-corrected chi connectivity index (χ2v) is 7.90. The molecular formula is C23H31F2N5. The Kier molecular flexibility index (Phi) is 7.63. The van der Waals surface area contributed by atoms with Gasteiger partial charge in [0.15, 0.2) is 5.96 Å². The maximum Gasteiger partial charge on any atom is 0.191 e. The highest BCUT2D eigenvalue weighted by molar-refractivity contribution is 5.80. The van der Waals surface area contributed by atoms with Gasteiger partial charge < -0.3 is 20.4 Å². The van der Waals surface area contributed by atoms with Crippen LogP contribution in [-0.4, -0.2) is 50.6 Å². The van der Waals surface area contributed by atoms with Crippen LogP contribution in [0.25, 0.3) is 0 Å². The van der Waals surface area contributed by atoms with E-state index in [4.69, 9.17) is 0 Å². The number of para-hydroxylation sites is 1. The smallest absolute Gasteiger partial charge is 0.191 e. The first-order chi connectivity index (χ1) is 14.5. The Hall–Kier alpha value is -2.67. The Morgan fingerprint density at radius 1 is 1.10 bits per heavy atom. The lowest BCUT2D eigenvalue weighted by Gasteiger charge is -2.21. The molecule has 0 aliphatic carbocycles. The molecule has 0 bridgehead atoms. The molecule has 3 rings (SSSR count). The molecule has 0 spiro atoms. The predicted octanol–water partition coefficient (Wildman–Crippen LogP) is 3.36. The lowest BCUT2D eigenvalue weighted by molar-refractivity contribution is 0.402. The highest BCUT2D eigenvalue weighted by Gasteiger charge is 2.27. The lowest BCUT2D eigenvalue weighted by Crippen LogP contribution is -2.44. The van der Waals surface area contributed by atoms with E-state index in [9.17, 15) is 8.78 Å². The molecule has 0 amide bonds. The van der Waals surface area contributed by atoms with E-state index >= 15 is 0 Å². The van der Waals surface area contributed by atoms with Gasteiger partial charge in [0, 0.05) is 32.2 Å². The van der Waals surface area contributed by atoms with Crippen LogP contribution in [-0.2, 0) is 13.1 Å². The summed E-state index contributed by atoms with van der Waals surface area (Å²) in [5.74, 6) is -0.321. The fourth-order valence-electron chi connectivity index (χ4n) is 3.67. The predicted molar refractivity (Wildman–Crippen MR) is 119 cm³/mol. The van der Waals surface area contributed by atoms with Crippen molar-refractivity contribution < 1.29 is 8.78 Å². The zero-order chi connectivity index (χ0) is 21.5. The average Bonchev–Trinajstić information content (AvgIpc) is 3.15. The third kappa shape index (κ3) is 5.92. The minimum atomic E-state index is -0.520. The van der Waals surface area contributed by atoms with Gasteiger partial charge in [-0.1, -0.05) is 30.3 Å². The summed E-state index contributed by atoms with van der Waals surface area (Å²) in [6.45, 7) is 5.36. The normalized spacial score (nSPS) is 16.9. The van der Waals surface area contributed by atoms with E-state index in [1.54, 1.807) is 4.90 Å². The maximum atomic E-state index is 14.1. The molecule has 1 saturated heterocycles. The number of anilines is 1. The summed E-state index contributed by atoms with van der Waals surface area (Å²) in [5.41, 5.74) is 2.46. The van der Waals surface area contributed by atoms with Crippen LogP contribution in [0.3, 0.4) is 0 Å². The van der Waals surface area contributed by atoms with Crippen molar-refractivity contribution in [2.24, 2.45) is 4.99 Å². The molecule has 2 aromatic rings. The van der Waals surface area contributed by atoms with Crippen molar-refractivity contribution in [1.29, 1.82) is 0 Å². The second kappa shape index (κ2) is 10.4. The molecule has 2 N–H and O–H groups in total. The van der Waals surface area contributed by atoms with E-state index in [1.807, 2.05) is 6.92 Å². The van der Waals surface area contributed by atoms with Gasteiger partial charge in [0.05, 0.1) is 6.54 Å². The molecule has 0 aromatic heterocycles. The van der Waals surface area contributed by atoms with Crippen molar-refractivity contribution in [3.05, 3.63) is 65.2 Å². The molecule has 1 aliphatic rings. The summed E-state index contributed by atoms with van der Waals surface area (Å²) >= 11 is 0. The highest BCUT2D eigenvalue weighted by atomic mass is 19.1. The van der Waals surface area contributed by atoms with Gasteiger partial charge in [-0.3, -0.25) is 0 Å². The zero-order valence-electron chi connectivity index (χ0n) is 18.0. The first-order valence-corrected chi connectivity index (χ1v) is 10.4. The summed E-state index contributed by atoms with van der Waals surface area (Å²) in [5, 5.41) is 6.67. The quantitative estimate of drug-likeness (QED) is 0.538. The Balaban J connectivity index is 1.60. The Morgan fingerprint density at radius 2 is 1.77 bits per heavy atom. The Bertz CT molecular complexity index is 831. The molecule has 2 aromatic carbocycles. The first-order valence-electron chi connectivity index (χ1n) is 10.4. The molecule has 1 unspecified atom stereocenters. The Morgan fingerprint density at radius 3 is 2.40 bits per heavy atom. The molecule has 7 heteroatoms. The van der Waals surface area contributed by atoms with Crippen molar-refractivity contribution in [3.8, 4) is 0 Å². The number of hydrogen-bond acceptors (Lipinski definition) is 3. The highest BCUT2D eigenvalue weighted by Crippen LogP contribution is 2.26. The van der Waals surface area contributed by atoms with Crippen molar-refractivity contribution in [1.82, 2.24) is 15.5 Å². The van der Waals surface area contributed by atoms with Crippen LogP contribution in [0.2, 0.25) is 0 Å². The van der Waals surface area contributed by atoms with Gasteiger partial charge in [0.2, 0.25) is 0 Å². The van der Waals surface area contributed by atoms with Gasteiger partial charge in [0.25, 0.3) is 0 Å². The topological polar surface area (TPSA) is 42.9 Å². The number of hydrogen-bond donors (Lipinski definition) is 2. The number of aliphatic imine (C=N–C) groups is 1. The van der Waals surface area contributed by atoms with Crippen LogP contribution in [0.5, 0.6) is 0 Å². The third-order valence-corrected chi connectivity index (χ3v) is 5.07. The second-order valence-electron chi connectivity index (χ2n) is 7.90. The average molecular weight is 416 g/mol. The minimum Gasteiger partial charge on any atom is -0.365 e.